The van der Waals surface area contributed by atoms with Crippen molar-refractivity contribution in [3.8, 4) is 0 Å². The van der Waals surface area contributed by atoms with E-state index in [0.717, 1.165) is 5.56 Å². The molecule has 1 amide bonds. The molecule has 0 unspecified atom stereocenters. The van der Waals surface area contributed by atoms with Crippen LogP contribution in [-0.4, -0.2) is 17.2 Å². The molecule has 0 aliphatic heterocycles. The molecule has 0 radical (unpaired) electrons. The molecule has 104 valence electrons. The molecule has 0 aliphatic carbocycles. The van der Waals surface area contributed by atoms with Gasteiger partial charge in [0, 0.05) is 5.38 Å². The van der Waals surface area contributed by atoms with Crippen molar-refractivity contribution in [1.29, 1.82) is 0 Å². The molecule has 0 atom stereocenters. The average molecular weight is 328 g/mol. The summed E-state index contributed by atoms with van der Waals surface area (Å²) in [6, 6.07) is 4.39. The van der Waals surface area contributed by atoms with Gasteiger partial charge in [-0.05, 0) is 36.3 Å². The van der Waals surface area contributed by atoms with E-state index in [1.165, 1.54) is 35.2 Å². The Bertz CT molecular complexity index is 661. The summed E-state index contributed by atoms with van der Waals surface area (Å²) in [6.45, 7) is 1.84. The number of amides is 1. The van der Waals surface area contributed by atoms with E-state index in [1.807, 2.05) is 12.3 Å². The lowest BCUT2D eigenvalue weighted by atomic mass is 10.2. The third-order valence-corrected chi connectivity index (χ3v) is 4.52. The second-order valence-corrected chi connectivity index (χ2v) is 5.94. The van der Waals surface area contributed by atoms with Crippen LogP contribution in [0.25, 0.3) is 0 Å². The standard InChI is InChI=1S/C14H11ClFNOS2/c1-8-6-20-7-9(8)13(18)17-14(19-2)12-10(15)4-3-5-11(12)16/h3-7H,1-2H3. The maximum atomic E-state index is 13.9. The van der Waals surface area contributed by atoms with Crippen molar-refractivity contribution in [3.63, 3.8) is 0 Å². The molecule has 2 aromatic rings. The van der Waals surface area contributed by atoms with E-state index in [4.69, 9.17) is 11.6 Å². The van der Waals surface area contributed by atoms with Crippen molar-refractivity contribution in [2.75, 3.05) is 6.26 Å². The van der Waals surface area contributed by atoms with Crippen LogP contribution in [0.15, 0.2) is 34.0 Å². The van der Waals surface area contributed by atoms with Gasteiger partial charge in [0.2, 0.25) is 0 Å². The fourth-order valence-corrected chi connectivity index (χ4v) is 3.35. The van der Waals surface area contributed by atoms with Gasteiger partial charge >= 0.3 is 0 Å². The van der Waals surface area contributed by atoms with Crippen LogP contribution in [0, 0.1) is 12.7 Å². The zero-order valence-corrected chi connectivity index (χ0v) is 13.2. The summed E-state index contributed by atoms with van der Waals surface area (Å²) in [5.41, 5.74) is 1.57. The summed E-state index contributed by atoms with van der Waals surface area (Å²) in [7, 11) is 0. The Labute approximate surface area is 129 Å². The quantitative estimate of drug-likeness (QED) is 0.585. The first-order chi connectivity index (χ1) is 9.54. The fourth-order valence-electron chi connectivity index (χ4n) is 1.64. The van der Waals surface area contributed by atoms with Crippen molar-refractivity contribution in [3.05, 3.63) is 56.5 Å². The molecule has 0 aliphatic rings. The molecule has 1 heterocycles. The van der Waals surface area contributed by atoms with Crippen LogP contribution in [0.3, 0.4) is 0 Å². The fraction of sp³-hybridized carbons (Fsp3) is 0.143. The van der Waals surface area contributed by atoms with E-state index < -0.39 is 5.82 Å². The molecule has 0 N–H and O–H groups in total. The lowest BCUT2D eigenvalue weighted by Crippen LogP contribution is -2.05. The number of rotatable bonds is 2. The maximum Gasteiger partial charge on any atom is 0.279 e. The molecule has 1 aromatic carbocycles. The minimum absolute atomic E-state index is 0.169. The monoisotopic (exact) mass is 327 g/mol. The van der Waals surface area contributed by atoms with E-state index in [0.29, 0.717) is 5.56 Å². The topological polar surface area (TPSA) is 29.4 Å². The molecule has 6 heteroatoms. The first kappa shape index (κ1) is 15.2. The number of benzene rings is 1. The predicted molar refractivity (Wildman–Crippen MR) is 84.8 cm³/mol. The molecule has 20 heavy (non-hydrogen) atoms. The van der Waals surface area contributed by atoms with Gasteiger partial charge in [-0.1, -0.05) is 17.7 Å². The Hall–Kier alpha value is -1.17. The van der Waals surface area contributed by atoms with E-state index >= 15 is 0 Å². The Morgan fingerprint density at radius 3 is 2.70 bits per heavy atom. The zero-order valence-electron chi connectivity index (χ0n) is 10.8. The Balaban J connectivity index is 2.45. The highest BCUT2D eigenvalue weighted by Gasteiger charge is 2.16. The minimum Gasteiger partial charge on any atom is -0.267 e. The normalized spacial score (nSPS) is 11.7. The number of hydrogen-bond acceptors (Lipinski definition) is 3. The Morgan fingerprint density at radius 2 is 2.15 bits per heavy atom. The molecule has 0 saturated carbocycles. The van der Waals surface area contributed by atoms with Gasteiger partial charge in [-0.15, -0.1) is 11.8 Å². The predicted octanol–water partition coefficient (Wildman–Crippen LogP) is 4.80. The smallest absolute Gasteiger partial charge is 0.267 e. The summed E-state index contributed by atoms with van der Waals surface area (Å²) in [6.07, 6.45) is 1.73. The summed E-state index contributed by atoms with van der Waals surface area (Å²) in [5, 5.41) is 4.14. The first-order valence-electron chi connectivity index (χ1n) is 5.68. The van der Waals surface area contributed by atoms with Crippen LogP contribution in [-0.2, 0) is 0 Å². The lowest BCUT2D eigenvalue weighted by Gasteiger charge is -2.06. The number of halogens is 2. The van der Waals surface area contributed by atoms with Crippen LogP contribution in [0.1, 0.15) is 21.5 Å². The molecular weight excluding hydrogens is 317 g/mol. The van der Waals surface area contributed by atoms with E-state index in [1.54, 1.807) is 17.7 Å². The highest BCUT2D eigenvalue weighted by atomic mass is 35.5. The molecule has 2 nitrogen and oxygen atoms in total. The Morgan fingerprint density at radius 1 is 1.40 bits per heavy atom. The lowest BCUT2D eigenvalue weighted by molar-refractivity contribution is 0.100. The molecule has 1 aromatic heterocycles. The number of nitrogens with zero attached hydrogens (tertiary/aromatic N) is 1. The van der Waals surface area contributed by atoms with Gasteiger partial charge in [0.1, 0.15) is 10.9 Å². The third-order valence-electron chi connectivity index (χ3n) is 2.66. The molecule has 2 rings (SSSR count). The number of hydrogen-bond donors (Lipinski definition) is 0. The number of thiophene rings is 1. The molecule has 0 saturated heterocycles. The van der Waals surface area contributed by atoms with Gasteiger partial charge in [0.25, 0.3) is 5.91 Å². The van der Waals surface area contributed by atoms with Gasteiger partial charge in [0.05, 0.1) is 16.1 Å². The van der Waals surface area contributed by atoms with Crippen molar-refractivity contribution in [1.82, 2.24) is 0 Å². The summed E-state index contributed by atoms with van der Waals surface area (Å²) in [4.78, 5) is 16.1. The highest BCUT2D eigenvalue weighted by Crippen LogP contribution is 2.25. The number of aliphatic imine (C=N–C) groups is 1. The van der Waals surface area contributed by atoms with Gasteiger partial charge in [-0.25, -0.2) is 9.38 Å². The highest BCUT2D eigenvalue weighted by molar-refractivity contribution is 8.13. The third kappa shape index (κ3) is 3.11. The SMILES string of the molecule is CSC(=NC(=O)c1cscc1C)c1c(F)cccc1Cl. The van der Waals surface area contributed by atoms with Crippen molar-refractivity contribution < 1.29 is 9.18 Å². The van der Waals surface area contributed by atoms with E-state index in [2.05, 4.69) is 4.99 Å². The van der Waals surface area contributed by atoms with Gasteiger partial charge in [-0.2, -0.15) is 11.3 Å². The molecular formula is C14H11ClFNOS2. The van der Waals surface area contributed by atoms with Gasteiger partial charge in [0.15, 0.2) is 0 Å². The minimum atomic E-state index is -0.486. The zero-order chi connectivity index (χ0) is 14.7. The van der Waals surface area contributed by atoms with Crippen LogP contribution < -0.4 is 0 Å². The van der Waals surface area contributed by atoms with Gasteiger partial charge < -0.3 is 0 Å². The maximum absolute atomic E-state index is 13.9. The van der Waals surface area contributed by atoms with Crippen molar-refractivity contribution in [2.45, 2.75) is 6.92 Å². The molecule has 0 fully saturated rings. The summed E-state index contributed by atoms with van der Waals surface area (Å²) in [5.74, 6) is -0.868. The number of thioether (sulfide) groups is 1. The molecule has 0 bridgehead atoms. The first-order valence-corrected chi connectivity index (χ1v) is 8.23. The number of carbonyl (C=O) groups is 1. The summed E-state index contributed by atoms with van der Waals surface area (Å²) < 4.78 is 13.9. The summed E-state index contributed by atoms with van der Waals surface area (Å²) >= 11 is 8.62. The van der Waals surface area contributed by atoms with Crippen LogP contribution in [0.5, 0.6) is 0 Å². The van der Waals surface area contributed by atoms with Crippen LogP contribution >= 0.6 is 34.7 Å². The largest absolute Gasteiger partial charge is 0.279 e. The second kappa shape index (κ2) is 6.52. The second-order valence-electron chi connectivity index (χ2n) is 3.99. The number of carbonyl (C=O) groups excluding carboxylic acids is 1. The van der Waals surface area contributed by atoms with Crippen molar-refractivity contribution in [2.24, 2.45) is 4.99 Å². The van der Waals surface area contributed by atoms with Crippen molar-refractivity contribution >= 4 is 45.7 Å². The van der Waals surface area contributed by atoms with Crippen LogP contribution in [0.4, 0.5) is 4.39 Å². The van der Waals surface area contributed by atoms with E-state index in [-0.39, 0.29) is 21.5 Å². The van der Waals surface area contributed by atoms with E-state index in [9.17, 15) is 9.18 Å². The molecule has 0 spiro atoms. The van der Waals surface area contributed by atoms with Crippen LogP contribution in [0.2, 0.25) is 5.02 Å². The Kier molecular flexibility index (Phi) is 4.96. The number of aryl methyl sites for hydroxylation is 1. The average Bonchev–Trinajstić information content (AvgIpc) is 2.83. The van der Waals surface area contributed by atoms with Gasteiger partial charge in [-0.3, -0.25) is 4.79 Å².